The van der Waals surface area contributed by atoms with Gasteiger partial charge in [0.2, 0.25) is 0 Å². The van der Waals surface area contributed by atoms with Gasteiger partial charge < -0.3 is 5.32 Å². The maximum absolute atomic E-state index is 3.67. The molecule has 1 aliphatic rings. The van der Waals surface area contributed by atoms with E-state index in [0.717, 1.165) is 19.6 Å². The van der Waals surface area contributed by atoms with Gasteiger partial charge in [-0.15, -0.1) is 0 Å². The number of hydrogen-bond donors (Lipinski definition) is 1. The number of nitrogens with one attached hydrogen (secondary N) is 1. The van der Waals surface area contributed by atoms with Crippen LogP contribution >= 0.6 is 0 Å². The summed E-state index contributed by atoms with van der Waals surface area (Å²) in [6.07, 6.45) is 0. The zero-order valence-electron chi connectivity index (χ0n) is 12.1. The summed E-state index contributed by atoms with van der Waals surface area (Å²) in [6.45, 7) is 12.5. The highest BCUT2D eigenvalue weighted by molar-refractivity contribution is 5.33. The molecule has 0 aliphatic carbocycles. The molecule has 0 spiro atoms. The Kier molecular flexibility index (Phi) is 4.41. The Balaban J connectivity index is 2.20. The van der Waals surface area contributed by atoms with Crippen molar-refractivity contribution in [1.29, 1.82) is 0 Å². The summed E-state index contributed by atoms with van der Waals surface area (Å²) in [6, 6.07) is 10.0. The van der Waals surface area contributed by atoms with Gasteiger partial charge in [0.25, 0.3) is 0 Å². The van der Waals surface area contributed by atoms with E-state index in [0.29, 0.717) is 18.0 Å². The fourth-order valence-electron chi connectivity index (χ4n) is 2.80. The van der Waals surface area contributed by atoms with Crippen LogP contribution in [0.1, 0.15) is 50.8 Å². The molecule has 1 aromatic carbocycles. The van der Waals surface area contributed by atoms with Crippen molar-refractivity contribution >= 4 is 0 Å². The Bertz CT molecular complexity index is 384. The highest BCUT2D eigenvalue weighted by Crippen LogP contribution is 2.27. The molecule has 1 unspecified atom stereocenters. The summed E-state index contributed by atoms with van der Waals surface area (Å²) >= 11 is 0. The van der Waals surface area contributed by atoms with E-state index in [1.165, 1.54) is 11.1 Å². The topological polar surface area (TPSA) is 15.3 Å². The van der Waals surface area contributed by atoms with Gasteiger partial charge in [-0.1, -0.05) is 38.1 Å². The predicted molar refractivity (Wildman–Crippen MR) is 78.0 cm³/mol. The van der Waals surface area contributed by atoms with Crippen molar-refractivity contribution in [3.8, 4) is 0 Å². The molecule has 100 valence electrons. The van der Waals surface area contributed by atoms with Crippen LogP contribution in [0.25, 0.3) is 0 Å². The number of hydrogen-bond acceptors (Lipinski definition) is 2. The van der Waals surface area contributed by atoms with Crippen LogP contribution in [0.15, 0.2) is 24.3 Å². The van der Waals surface area contributed by atoms with Gasteiger partial charge in [0.05, 0.1) is 0 Å². The lowest BCUT2D eigenvalue weighted by Crippen LogP contribution is -2.48. The lowest BCUT2D eigenvalue weighted by Gasteiger charge is -2.37. The minimum atomic E-state index is 0.486. The predicted octanol–water partition coefficient (Wildman–Crippen LogP) is 3.16. The smallest absolute Gasteiger partial charge is 0.0452 e. The average Bonchev–Trinajstić information content (AvgIpc) is 2.39. The summed E-state index contributed by atoms with van der Waals surface area (Å²) in [4.78, 5) is 2.57. The highest BCUT2D eigenvalue weighted by Gasteiger charge is 2.24. The molecule has 1 aliphatic heterocycles. The van der Waals surface area contributed by atoms with Crippen LogP contribution in [0.3, 0.4) is 0 Å². The minimum Gasteiger partial charge on any atom is -0.308 e. The average molecular weight is 246 g/mol. The lowest BCUT2D eigenvalue weighted by molar-refractivity contribution is 0.162. The van der Waals surface area contributed by atoms with Crippen LogP contribution in [-0.2, 0) is 0 Å². The molecule has 2 heteroatoms. The fourth-order valence-corrected chi connectivity index (χ4v) is 2.80. The second-order valence-electron chi connectivity index (χ2n) is 5.88. The van der Waals surface area contributed by atoms with Crippen molar-refractivity contribution < 1.29 is 0 Å². The standard InChI is InChI=1S/C16H26N2/c1-12(2)14-7-5-6-8-15(14)16-11-18(13(3)4)10-9-17-16/h5-8,12-13,16-17H,9-11H2,1-4H3. The van der Waals surface area contributed by atoms with Crippen LogP contribution < -0.4 is 5.32 Å². The molecule has 1 heterocycles. The molecule has 1 N–H and O–H groups in total. The molecule has 0 amide bonds. The maximum atomic E-state index is 3.67. The second kappa shape index (κ2) is 5.85. The third-order valence-corrected chi connectivity index (χ3v) is 3.93. The highest BCUT2D eigenvalue weighted by atomic mass is 15.2. The van der Waals surface area contributed by atoms with Crippen LogP contribution in [0.2, 0.25) is 0 Å². The summed E-state index contributed by atoms with van der Waals surface area (Å²) in [7, 11) is 0. The first kappa shape index (κ1) is 13.6. The fraction of sp³-hybridized carbons (Fsp3) is 0.625. The lowest BCUT2D eigenvalue weighted by atomic mass is 9.91. The van der Waals surface area contributed by atoms with Crippen molar-refractivity contribution in [2.75, 3.05) is 19.6 Å². The molecule has 2 nitrogen and oxygen atoms in total. The molecule has 2 rings (SSSR count). The second-order valence-corrected chi connectivity index (χ2v) is 5.88. The molecular weight excluding hydrogens is 220 g/mol. The number of rotatable bonds is 3. The van der Waals surface area contributed by atoms with Crippen molar-refractivity contribution in [2.45, 2.75) is 45.7 Å². The van der Waals surface area contributed by atoms with Crippen molar-refractivity contribution in [2.24, 2.45) is 0 Å². The molecule has 1 saturated heterocycles. The third-order valence-electron chi connectivity index (χ3n) is 3.93. The zero-order valence-corrected chi connectivity index (χ0v) is 12.1. The molecule has 0 bridgehead atoms. The largest absolute Gasteiger partial charge is 0.308 e. The van der Waals surface area contributed by atoms with Gasteiger partial charge in [0.1, 0.15) is 0 Å². The van der Waals surface area contributed by atoms with E-state index in [1.807, 2.05) is 0 Å². The van der Waals surface area contributed by atoms with E-state index < -0.39 is 0 Å². The van der Waals surface area contributed by atoms with Crippen LogP contribution in [0.5, 0.6) is 0 Å². The van der Waals surface area contributed by atoms with E-state index >= 15 is 0 Å². The van der Waals surface area contributed by atoms with Gasteiger partial charge in [-0.25, -0.2) is 0 Å². The van der Waals surface area contributed by atoms with Gasteiger partial charge in [-0.2, -0.15) is 0 Å². The monoisotopic (exact) mass is 246 g/mol. The van der Waals surface area contributed by atoms with Crippen molar-refractivity contribution in [1.82, 2.24) is 10.2 Å². The molecule has 1 aromatic rings. The van der Waals surface area contributed by atoms with Crippen LogP contribution in [-0.4, -0.2) is 30.6 Å². The molecule has 0 saturated carbocycles. The van der Waals surface area contributed by atoms with Gasteiger partial charge >= 0.3 is 0 Å². The number of piperazine rings is 1. The van der Waals surface area contributed by atoms with E-state index in [2.05, 4.69) is 62.2 Å². The van der Waals surface area contributed by atoms with E-state index in [4.69, 9.17) is 0 Å². The Labute approximate surface area is 111 Å². The maximum Gasteiger partial charge on any atom is 0.0452 e. The van der Waals surface area contributed by atoms with Gasteiger partial charge in [0, 0.05) is 31.7 Å². The molecule has 1 fully saturated rings. The molecule has 1 atom stereocenters. The minimum absolute atomic E-state index is 0.486. The van der Waals surface area contributed by atoms with E-state index in [-0.39, 0.29) is 0 Å². The van der Waals surface area contributed by atoms with Gasteiger partial charge in [-0.3, -0.25) is 4.90 Å². The molecule has 18 heavy (non-hydrogen) atoms. The summed E-state index contributed by atoms with van der Waals surface area (Å²) < 4.78 is 0. The Morgan fingerprint density at radius 3 is 2.56 bits per heavy atom. The molecule has 0 aromatic heterocycles. The van der Waals surface area contributed by atoms with Gasteiger partial charge in [-0.05, 0) is 30.9 Å². The first-order valence-electron chi connectivity index (χ1n) is 7.16. The Morgan fingerprint density at radius 1 is 1.17 bits per heavy atom. The van der Waals surface area contributed by atoms with Crippen LogP contribution in [0, 0.1) is 0 Å². The van der Waals surface area contributed by atoms with E-state index in [9.17, 15) is 0 Å². The Morgan fingerprint density at radius 2 is 1.89 bits per heavy atom. The SMILES string of the molecule is CC(C)c1ccccc1C1CN(C(C)C)CCN1. The van der Waals surface area contributed by atoms with E-state index in [1.54, 1.807) is 0 Å². The van der Waals surface area contributed by atoms with Crippen molar-refractivity contribution in [3.05, 3.63) is 35.4 Å². The van der Waals surface area contributed by atoms with Crippen molar-refractivity contribution in [3.63, 3.8) is 0 Å². The normalized spacial score (nSPS) is 21.8. The molecule has 0 radical (unpaired) electrons. The number of benzene rings is 1. The quantitative estimate of drug-likeness (QED) is 0.881. The van der Waals surface area contributed by atoms with Crippen LogP contribution in [0.4, 0.5) is 0 Å². The van der Waals surface area contributed by atoms with Gasteiger partial charge in [0.15, 0.2) is 0 Å². The zero-order chi connectivity index (χ0) is 13.1. The first-order valence-corrected chi connectivity index (χ1v) is 7.16. The summed E-state index contributed by atoms with van der Waals surface area (Å²) in [5.74, 6) is 0.595. The molecular formula is C16H26N2. The number of nitrogens with zero attached hydrogens (tertiary/aromatic N) is 1. The third kappa shape index (κ3) is 2.93. The summed E-state index contributed by atoms with van der Waals surface area (Å²) in [5.41, 5.74) is 2.97. The Hall–Kier alpha value is -0.860. The first-order chi connectivity index (χ1) is 8.59. The summed E-state index contributed by atoms with van der Waals surface area (Å²) in [5, 5.41) is 3.67.